The van der Waals surface area contributed by atoms with Gasteiger partial charge in [-0.2, -0.15) is 0 Å². The third-order valence-corrected chi connectivity index (χ3v) is 5.26. The zero-order valence-electron chi connectivity index (χ0n) is 16.3. The summed E-state index contributed by atoms with van der Waals surface area (Å²) in [7, 11) is 0. The van der Waals surface area contributed by atoms with E-state index in [0.29, 0.717) is 35.8 Å². The lowest BCUT2D eigenvalue weighted by Crippen LogP contribution is -2.22. The van der Waals surface area contributed by atoms with Crippen LogP contribution in [0.3, 0.4) is 0 Å². The molecule has 3 unspecified atom stereocenters. The number of nitrogens with two attached hydrogens (primary N) is 2. The Bertz CT molecular complexity index is 1030. The second-order valence-corrected chi connectivity index (χ2v) is 7.55. The van der Waals surface area contributed by atoms with Crippen LogP contribution in [-0.4, -0.2) is 32.4 Å². The van der Waals surface area contributed by atoms with Crippen LogP contribution in [-0.2, 0) is 6.42 Å². The van der Waals surface area contributed by atoms with E-state index in [9.17, 15) is 5.11 Å². The van der Waals surface area contributed by atoms with Gasteiger partial charge in [0.15, 0.2) is 0 Å². The zero-order chi connectivity index (χ0) is 20.4. The highest BCUT2D eigenvalue weighted by Crippen LogP contribution is 2.31. The predicted molar refractivity (Wildman–Crippen MR) is 109 cm³/mol. The second kappa shape index (κ2) is 8.21. The van der Waals surface area contributed by atoms with E-state index in [-0.39, 0.29) is 6.04 Å². The van der Waals surface area contributed by atoms with E-state index < -0.39 is 6.10 Å². The summed E-state index contributed by atoms with van der Waals surface area (Å²) in [5, 5.41) is 14.0. The van der Waals surface area contributed by atoms with Crippen molar-refractivity contribution in [3.05, 3.63) is 71.1 Å². The minimum absolute atomic E-state index is 0.283. The summed E-state index contributed by atoms with van der Waals surface area (Å²) in [4.78, 5) is 4.19. The number of hydrogen-bond acceptors (Lipinski definition) is 6. The molecule has 150 valence electrons. The van der Waals surface area contributed by atoms with Crippen molar-refractivity contribution >= 4 is 0 Å². The lowest BCUT2D eigenvalue weighted by Gasteiger charge is -2.17. The number of aliphatic hydroxyl groups excluding tert-OH is 1. The fourth-order valence-corrected chi connectivity index (χ4v) is 3.46. The van der Waals surface area contributed by atoms with Gasteiger partial charge in [0, 0.05) is 36.6 Å². The molecule has 0 radical (unpaired) electrons. The Labute approximate surface area is 169 Å². The largest absolute Gasteiger partial charge is 0.385 e. The predicted octanol–water partition coefficient (Wildman–Crippen LogP) is 1.76. The van der Waals surface area contributed by atoms with E-state index >= 15 is 0 Å². The van der Waals surface area contributed by atoms with Crippen LogP contribution in [0.15, 0.2) is 47.2 Å². The van der Waals surface area contributed by atoms with Crippen LogP contribution >= 0.6 is 0 Å². The minimum Gasteiger partial charge on any atom is -0.385 e. The van der Waals surface area contributed by atoms with Crippen LogP contribution in [0.4, 0.5) is 0 Å². The lowest BCUT2D eigenvalue weighted by atomic mass is 10.1. The molecule has 2 aromatic heterocycles. The molecule has 5 N–H and O–H groups in total. The first kappa shape index (κ1) is 19.4. The molecule has 0 amide bonds. The summed E-state index contributed by atoms with van der Waals surface area (Å²) in [5.41, 5.74) is 14.7. The highest BCUT2D eigenvalue weighted by molar-refractivity contribution is 5.41. The van der Waals surface area contributed by atoms with Gasteiger partial charge in [-0.05, 0) is 49.3 Å². The van der Waals surface area contributed by atoms with Gasteiger partial charge in [-0.3, -0.25) is 0 Å². The molecule has 0 spiro atoms. The lowest BCUT2D eigenvalue weighted by molar-refractivity contribution is 0.182. The van der Waals surface area contributed by atoms with Gasteiger partial charge in [0.05, 0.1) is 6.04 Å². The number of rotatable bonds is 6. The Morgan fingerprint density at radius 3 is 2.72 bits per heavy atom. The van der Waals surface area contributed by atoms with Crippen molar-refractivity contribution in [1.82, 2.24) is 14.7 Å². The van der Waals surface area contributed by atoms with Gasteiger partial charge in [0.1, 0.15) is 17.6 Å². The molecule has 1 fully saturated rings. The molecule has 0 aliphatic heterocycles. The molecular formula is C22H25N5O2. The number of hydrogen-bond donors (Lipinski definition) is 3. The molecule has 3 aromatic rings. The zero-order valence-corrected chi connectivity index (χ0v) is 16.3. The summed E-state index contributed by atoms with van der Waals surface area (Å²) in [6, 6.07) is 10.1. The summed E-state index contributed by atoms with van der Waals surface area (Å²) in [5.74, 6) is 7.73. The molecule has 1 saturated carbocycles. The number of benzene rings is 1. The fraction of sp³-hybridized carbons (Fsp3) is 0.364. The third kappa shape index (κ3) is 4.40. The highest BCUT2D eigenvalue weighted by Gasteiger charge is 2.32. The van der Waals surface area contributed by atoms with Crippen molar-refractivity contribution < 1.29 is 9.63 Å². The summed E-state index contributed by atoms with van der Waals surface area (Å²) < 4.78 is 7.18. The number of imidazole rings is 1. The molecule has 1 aromatic carbocycles. The Morgan fingerprint density at radius 2 is 2.07 bits per heavy atom. The van der Waals surface area contributed by atoms with Crippen LogP contribution in [0.25, 0.3) is 0 Å². The molecule has 1 aliphatic carbocycles. The third-order valence-electron chi connectivity index (χ3n) is 5.26. The average Bonchev–Trinajstić information content (AvgIpc) is 3.11. The Kier molecular flexibility index (Phi) is 5.49. The molecular weight excluding hydrogens is 366 g/mol. The van der Waals surface area contributed by atoms with E-state index in [1.54, 1.807) is 25.4 Å². The Hall–Kier alpha value is -2.92. The maximum atomic E-state index is 9.89. The topological polar surface area (TPSA) is 116 Å². The van der Waals surface area contributed by atoms with Crippen LogP contribution in [0.2, 0.25) is 0 Å². The summed E-state index contributed by atoms with van der Waals surface area (Å²) in [6.07, 6.45) is 4.85. The number of aromatic nitrogens is 3. The van der Waals surface area contributed by atoms with Gasteiger partial charge in [0.2, 0.25) is 5.76 Å². The second-order valence-electron chi connectivity index (χ2n) is 7.55. The maximum Gasteiger partial charge on any atom is 0.210 e. The molecule has 29 heavy (non-hydrogen) atoms. The first-order chi connectivity index (χ1) is 14.0. The molecule has 2 heterocycles. The molecule has 0 bridgehead atoms. The monoisotopic (exact) mass is 391 g/mol. The SMILES string of the molecule is C[C@H](O)c1nccn1C(CN)c1cc(C#Cc2ccc(CC3CC3N)cc2)on1. The van der Waals surface area contributed by atoms with Gasteiger partial charge in [-0.15, -0.1) is 0 Å². The van der Waals surface area contributed by atoms with Gasteiger partial charge in [-0.25, -0.2) is 4.98 Å². The molecule has 7 nitrogen and oxygen atoms in total. The van der Waals surface area contributed by atoms with Crippen molar-refractivity contribution in [2.45, 2.75) is 38.0 Å². The standard InChI is InChI=1S/C22H25N5O2/c1-14(28)22-25-8-9-27(22)21(13-23)20-12-18(29-26-20)7-6-15-2-4-16(5-3-15)10-17-11-19(17)24/h2-5,8-9,12,14,17,19,21,28H,10-11,13,23-24H2,1H3/t14-,17?,19?,21?/m0/s1. The summed E-state index contributed by atoms with van der Waals surface area (Å²) >= 11 is 0. The number of nitrogens with zero attached hydrogens (tertiary/aromatic N) is 3. The highest BCUT2D eigenvalue weighted by atomic mass is 16.5. The maximum absolute atomic E-state index is 9.89. The van der Waals surface area contributed by atoms with Crippen molar-refractivity contribution in [3.63, 3.8) is 0 Å². The first-order valence-electron chi connectivity index (χ1n) is 9.79. The van der Waals surface area contributed by atoms with Crippen LogP contribution in [0.5, 0.6) is 0 Å². The minimum atomic E-state index is -0.705. The quantitative estimate of drug-likeness (QED) is 0.552. The molecule has 4 atom stereocenters. The fourth-order valence-electron chi connectivity index (χ4n) is 3.46. The van der Waals surface area contributed by atoms with E-state index in [4.69, 9.17) is 16.0 Å². The average molecular weight is 391 g/mol. The van der Waals surface area contributed by atoms with E-state index in [1.165, 1.54) is 5.56 Å². The van der Waals surface area contributed by atoms with Crippen molar-refractivity contribution in [2.24, 2.45) is 17.4 Å². The van der Waals surface area contributed by atoms with E-state index in [0.717, 1.165) is 18.4 Å². The van der Waals surface area contributed by atoms with Crippen LogP contribution in [0, 0.1) is 17.8 Å². The molecule has 4 rings (SSSR count). The molecule has 0 saturated heterocycles. The summed E-state index contributed by atoms with van der Waals surface area (Å²) in [6.45, 7) is 1.96. The first-order valence-corrected chi connectivity index (χ1v) is 9.79. The van der Waals surface area contributed by atoms with Crippen molar-refractivity contribution in [1.29, 1.82) is 0 Å². The number of aliphatic hydroxyl groups is 1. The molecule has 7 heteroatoms. The van der Waals surface area contributed by atoms with Crippen LogP contribution in [0.1, 0.15) is 53.9 Å². The van der Waals surface area contributed by atoms with Gasteiger partial charge >= 0.3 is 0 Å². The Morgan fingerprint density at radius 1 is 1.31 bits per heavy atom. The van der Waals surface area contributed by atoms with E-state index in [2.05, 4.69) is 34.1 Å². The van der Waals surface area contributed by atoms with Crippen molar-refractivity contribution in [3.8, 4) is 11.8 Å². The van der Waals surface area contributed by atoms with E-state index in [1.807, 2.05) is 16.7 Å². The van der Waals surface area contributed by atoms with Crippen LogP contribution < -0.4 is 11.5 Å². The van der Waals surface area contributed by atoms with Crippen molar-refractivity contribution in [2.75, 3.05) is 6.54 Å². The smallest absolute Gasteiger partial charge is 0.210 e. The molecule has 1 aliphatic rings. The van der Waals surface area contributed by atoms with Gasteiger partial charge < -0.3 is 25.7 Å². The van der Waals surface area contributed by atoms with Gasteiger partial charge in [-0.1, -0.05) is 23.2 Å². The Balaban J connectivity index is 1.47. The van der Waals surface area contributed by atoms with Gasteiger partial charge in [0.25, 0.3) is 0 Å². The normalized spacial score (nSPS) is 20.0.